The van der Waals surface area contributed by atoms with Gasteiger partial charge in [0, 0.05) is 25.4 Å². The van der Waals surface area contributed by atoms with Gasteiger partial charge in [0.15, 0.2) is 0 Å². The van der Waals surface area contributed by atoms with E-state index in [9.17, 15) is 4.79 Å². The number of hydrogen-bond acceptors (Lipinski definition) is 1. The highest BCUT2D eigenvalue weighted by atomic mass is 35.5. The summed E-state index contributed by atoms with van der Waals surface area (Å²) >= 11 is 5.58. The first-order chi connectivity index (χ1) is 6.96. The maximum Gasteiger partial charge on any atom is 0.223 e. The van der Waals surface area contributed by atoms with Crippen LogP contribution in [0.15, 0.2) is 0 Å². The molecule has 0 unspecified atom stereocenters. The number of amides is 1. The van der Waals surface area contributed by atoms with Crippen molar-refractivity contribution in [3.8, 4) is 0 Å². The van der Waals surface area contributed by atoms with E-state index >= 15 is 0 Å². The number of rotatable bonds is 3. The Morgan fingerprint density at radius 1 is 1.40 bits per heavy atom. The Hall–Kier alpha value is -0.240. The third-order valence-electron chi connectivity index (χ3n) is 3.56. The van der Waals surface area contributed by atoms with E-state index in [0.717, 1.165) is 12.8 Å². The van der Waals surface area contributed by atoms with Gasteiger partial charge in [0.2, 0.25) is 5.91 Å². The lowest BCUT2D eigenvalue weighted by Gasteiger charge is -2.38. The Bertz CT molecular complexity index is 218. The normalized spacial score (nSPS) is 21.3. The maximum absolute atomic E-state index is 11.6. The number of carbonyl (C=O) groups excluding carboxylic acids is 1. The van der Waals surface area contributed by atoms with Gasteiger partial charge in [0.05, 0.1) is 0 Å². The van der Waals surface area contributed by atoms with Crippen LogP contribution < -0.4 is 0 Å². The highest BCUT2D eigenvalue weighted by Crippen LogP contribution is 2.36. The van der Waals surface area contributed by atoms with Crippen molar-refractivity contribution in [1.29, 1.82) is 0 Å². The second-order valence-corrected chi connectivity index (χ2v) is 5.72. The summed E-state index contributed by atoms with van der Waals surface area (Å²) in [6, 6.07) is 0.439. The van der Waals surface area contributed by atoms with Crippen molar-refractivity contribution in [2.45, 2.75) is 52.0 Å². The molecule has 0 aromatic rings. The van der Waals surface area contributed by atoms with E-state index in [1.807, 2.05) is 11.9 Å². The first-order valence-electron chi connectivity index (χ1n) is 5.78. The number of carbonyl (C=O) groups is 1. The third-order valence-corrected chi connectivity index (χ3v) is 3.75. The lowest BCUT2D eigenvalue weighted by Crippen LogP contribution is -2.40. The van der Waals surface area contributed by atoms with Crippen molar-refractivity contribution in [3.05, 3.63) is 0 Å². The third kappa shape index (κ3) is 3.67. The summed E-state index contributed by atoms with van der Waals surface area (Å²) in [6.45, 7) is 4.62. The molecule has 1 amide bonds. The number of alkyl halides is 1. The Labute approximate surface area is 98.0 Å². The van der Waals surface area contributed by atoms with Gasteiger partial charge in [-0.1, -0.05) is 13.8 Å². The minimum Gasteiger partial charge on any atom is -0.343 e. The van der Waals surface area contributed by atoms with Crippen LogP contribution in [-0.2, 0) is 4.79 Å². The topological polar surface area (TPSA) is 20.3 Å². The molecule has 1 aliphatic rings. The van der Waals surface area contributed by atoms with Gasteiger partial charge in [0.25, 0.3) is 0 Å². The van der Waals surface area contributed by atoms with Gasteiger partial charge in [-0.25, -0.2) is 0 Å². The van der Waals surface area contributed by atoms with Crippen molar-refractivity contribution < 1.29 is 4.79 Å². The SMILES string of the molecule is CN(C(=O)CCCl)C1CCC(C)(C)CC1. The summed E-state index contributed by atoms with van der Waals surface area (Å²) in [5.74, 6) is 0.621. The van der Waals surface area contributed by atoms with Crippen LogP contribution in [0.1, 0.15) is 46.0 Å². The molecule has 1 aliphatic carbocycles. The summed E-state index contributed by atoms with van der Waals surface area (Å²) in [7, 11) is 1.91. The zero-order valence-electron chi connectivity index (χ0n) is 10.1. The molecule has 3 heteroatoms. The molecule has 0 aliphatic heterocycles. The zero-order valence-corrected chi connectivity index (χ0v) is 10.8. The van der Waals surface area contributed by atoms with Gasteiger partial charge in [-0.15, -0.1) is 11.6 Å². The average Bonchev–Trinajstić information content (AvgIpc) is 2.17. The monoisotopic (exact) mass is 231 g/mol. The van der Waals surface area contributed by atoms with E-state index in [1.54, 1.807) is 0 Å². The summed E-state index contributed by atoms with van der Waals surface area (Å²) in [4.78, 5) is 13.5. The number of hydrogen-bond donors (Lipinski definition) is 0. The van der Waals surface area contributed by atoms with Gasteiger partial charge < -0.3 is 4.90 Å². The highest BCUT2D eigenvalue weighted by molar-refractivity contribution is 6.18. The summed E-state index contributed by atoms with van der Waals surface area (Å²) in [5.41, 5.74) is 0.465. The second kappa shape index (κ2) is 5.20. The van der Waals surface area contributed by atoms with Gasteiger partial charge in [0.1, 0.15) is 0 Å². The van der Waals surface area contributed by atoms with E-state index in [-0.39, 0.29) is 5.91 Å². The molecule has 1 rings (SSSR count). The summed E-state index contributed by atoms with van der Waals surface area (Å²) in [5, 5.41) is 0. The molecule has 1 fully saturated rings. The molecule has 0 aromatic heterocycles. The van der Waals surface area contributed by atoms with Crippen molar-refractivity contribution in [2.75, 3.05) is 12.9 Å². The van der Waals surface area contributed by atoms with Gasteiger partial charge in [-0.05, 0) is 31.1 Å². The van der Waals surface area contributed by atoms with Gasteiger partial charge >= 0.3 is 0 Å². The van der Waals surface area contributed by atoms with E-state index in [2.05, 4.69) is 13.8 Å². The molecule has 0 atom stereocenters. The molecule has 0 saturated heterocycles. The predicted octanol–water partition coefficient (Wildman–Crippen LogP) is 3.04. The van der Waals surface area contributed by atoms with Gasteiger partial charge in [-0.3, -0.25) is 4.79 Å². The van der Waals surface area contributed by atoms with E-state index in [1.165, 1.54) is 12.8 Å². The molecule has 0 N–H and O–H groups in total. The first kappa shape index (κ1) is 12.8. The lowest BCUT2D eigenvalue weighted by atomic mass is 9.75. The van der Waals surface area contributed by atoms with Crippen LogP contribution in [0.3, 0.4) is 0 Å². The minimum atomic E-state index is 0.190. The van der Waals surface area contributed by atoms with Crippen LogP contribution in [0.4, 0.5) is 0 Å². The van der Waals surface area contributed by atoms with Crippen LogP contribution >= 0.6 is 11.6 Å². The molecule has 1 saturated carbocycles. The lowest BCUT2D eigenvalue weighted by molar-refractivity contribution is -0.132. The Morgan fingerprint density at radius 3 is 2.40 bits per heavy atom. The fourth-order valence-corrected chi connectivity index (χ4v) is 2.39. The van der Waals surface area contributed by atoms with E-state index in [4.69, 9.17) is 11.6 Å². The molecule has 0 bridgehead atoms. The van der Waals surface area contributed by atoms with Gasteiger partial charge in [-0.2, -0.15) is 0 Å². The molecule has 0 radical (unpaired) electrons. The molecule has 0 aromatic carbocycles. The Balaban J connectivity index is 2.42. The molecule has 2 nitrogen and oxygen atoms in total. The largest absolute Gasteiger partial charge is 0.343 e. The fourth-order valence-electron chi connectivity index (χ4n) is 2.23. The van der Waals surface area contributed by atoms with E-state index < -0.39 is 0 Å². The van der Waals surface area contributed by atoms with Crippen LogP contribution in [0, 0.1) is 5.41 Å². The van der Waals surface area contributed by atoms with Crippen LogP contribution in [-0.4, -0.2) is 29.8 Å². The van der Waals surface area contributed by atoms with Crippen molar-refractivity contribution in [3.63, 3.8) is 0 Å². The fraction of sp³-hybridized carbons (Fsp3) is 0.917. The molecular formula is C12H22ClNO. The summed E-state index contributed by atoms with van der Waals surface area (Å²) in [6.07, 6.45) is 5.18. The predicted molar refractivity (Wildman–Crippen MR) is 64.1 cm³/mol. The number of halogens is 1. The van der Waals surface area contributed by atoms with E-state index in [0.29, 0.717) is 23.8 Å². The smallest absolute Gasteiger partial charge is 0.223 e. The standard InChI is InChI=1S/C12H22ClNO/c1-12(2)7-4-10(5-8-12)14(3)11(15)6-9-13/h10H,4-9H2,1-3H3. The second-order valence-electron chi connectivity index (χ2n) is 5.34. The molecule has 88 valence electrons. The molecule has 0 heterocycles. The molecular weight excluding hydrogens is 210 g/mol. The van der Waals surface area contributed by atoms with Crippen LogP contribution in [0.5, 0.6) is 0 Å². The van der Waals surface area contributed by atoms with Crippen LogP contribution in [0.25, 0.3) is 0 Å². The zero-order chi connectivity index (χ0) is 11.5. The van der Waals surface area contributed by atoms with Crippen molar-refractivity contribution >= 4 is 17.5 Å². The summed E-state index contributed by atoms with van der Waals surface area (Å²) < 4.78 is 0. The van der Waals surface area contributed by atoms with Crippen molar-refractivity contribution in [1.82, 2.24) is 4.90 Å². The Kier molecular flexibility index (Phi) is 4.45. The first-order valence-corrected chi connectivity index (χ1v) is 6.31. The molecule has 0 spiro atoms. The average molecular weight is 232 g/mol. The van der Waals surface area contributed by atoms with Crippen molar-refractivity contribution in [2.24, 2.45) is 5.41 Å². The maximum atomic E-state index is 11.6. The quantitative estimate of drug-likeness (QED) is 0.684. The molecule has 15 heavy (non-hydrogen) atoms. The Morgan fingerprint density at radius 2 is 1.93 bits per heavy atom. The number of nitrogens with zero attached hydrogens (tertiary/aromatic N) is 1. The minimum absolute atomic E-state index is 0.190. The highest BCUT2D eigenvalue weighted by Gasteiger charge is 2.30. The van der Waals surface area contributed by atoms with Crippen LogP contribution in [0.2, 0.25) is 0 Å².